The Bertz CT molecular complexity index is 954. The number of ketones is 1. The molecule has 4 nitrogen and oxygen atoms in total. The van der Waals surface area contributed by atoms with Crippen molar-refractivity contribution in [3.8, 4) is 17.1 Å². The first-order valence-corrected chi connectivity index (χ1v) is 9.66. The van der Waals surface area contributed by atoms with E-state index in [0.29, 0.717) is 28.7 Å². The SMILES string of the molecule is O=C1CCCCC1Sc1nnc(-c2ccc(F)cc2)n1-c1ccc(F)cc1. The third kappa shape index (κ3) is 3.78. The Morgan fingerprint density at radius 2 is 1.59 bits per heavy atom. The van der Waals surface area contributed by atoms with Crippen LogP contribution in [0.4, 0.5) is 8.78 Å². The first kappa shape index (κ1) is 17.9. The smallest absolute Gasteiger partial charge is 0.196 e. The molecule has 1 aromatic heterocycles. The highest BCUT2D eigenvalue weighted by molar-refractivity contribution is 8.00. The number of nitrogens with zero attached hydrogens (tertiary/aromatic N) is 3. The van der Waals surface area contributed by atoms with Crippen LogP contribution in [0.3, 0.4) is 0 Å². The maximum atomic E-state index is 13.4. The van der Waals surface area contributed by atoms with Gasteiger partial charge in [0.15, 0.2) is 11.0 Å². The highest BCUT2D eigenvalue weighted by atomic mass is 32.2. The monoisotopic (exact) mass is 385 g/mol. The Balaban J connectivity index is 1.77. The van der Waals surface area contributed by atoms with Gasteiger partial charge in [-0.25, -0.2) is 8.78 Å². The van der Waals surface area contributed by atoms with Crippen LogP contribution in [0.2, 0.25) is 0 Å². The van der Waals surface area contributed by atoms with E-state index in [1.165, 1.54) is 36.0 Å². The summed E-state index contributed by atoms with van der Waals surface area (Å²) in [6.45, 7) is 0. The van der Waals surface area contributed by atoms with E-state index in [1.54, 1.807) is 28.8 Å². The van der Waals surface area contributed by atoms with Crippen LogP contribution in [0.1, 0.15) is 25.7 Å². The molecule has 138 valence electrons. The summed E-state index contributed by atoms with van der Waals surface area (Å²) in [6.07, 6.45) is 3.35. The molecule has 1 heterocycles. The summed E-state index contributed by atoms with van der Waals surface area (Å²) in [5.74, 6) is 0.0661. The standard InChI is InChI=1S/C20H17F2N3OS/c21-14-7-5-13(6-8-14)19-23-24-20(27-18-4-2-1-3-17(18)26)25(19)16-11-9-15(22)10-12-16/h5-12,18H,1-4H2. The molecule has 27 heavy (non-hydrogen) atoms. The van der Waals surface area contributed by atoms with Gasteiger partial charge in [-0.05, 0) is 61.4 Å². The molecule has 2 aromatic carbocycles. The quantitative estimate of drug-likeness (QED) is 0.646. The van der Waals surface area contributed by atoms with E-state index in [2.05, 4.69) is 10.2 Å². The molecule has 0 bridgehead atoms. The topological polar surface area (TPSA) is 47.8 Å². The second-order valence-electron chi connectivity index (χ2n) is 6.44. The Kier molecular flexibility index (Phi) is 5.03. The maximum absolute atomic E-state index is 13.4. The minimum Gasteiger partial charge on any atom is -0.298 e. The third-order valence-electron chi connectivity index (χ3n) is 4.57. The van der Waals surface area contributed by atoms with Crippen LogP contribution in [-0.2, 0) is 4.79 Å². The molecule has 0 saturated heterocycles. The molecule has 0 radical (unpaired) electrons. The van der Waals surface area contributed by atoms with Gasteiger partial charge in [0.1, 0.15) is 17.4 Å². The lowest BCUT2D eigenvalue weighted by Gasteiger charge is -2.20. The lowest BCUT2D eigenvalue weighted by atomic mass is 9.99. The summed E-state index contributed by atoms with van der Waals surface area (Å²) in [6, 6.07) is 12.0. The van der Waals surface area contributed by atoms with Crippen molar-refractivity contribution < 1.29 is 13.6 Å². The second kappa shape index (κ2) is 7.60. The summed E-state index contributed by atoms with van der Waals surface area (Å²) in [5.41, 5.74) is 1.38. The van der Waals surface area contributed by atoms with E-state index >= 15 is 0 Å². The number of halogens is 2. The zero-order valence-corrected chi connectivity index (χ0v) is 15.3. The van der Waals surface area contributed by atoms with Gasteiger partial charge < -0.3 is 0 Å². The number of carbonyl (C=O) groups is 1. The largest absolute Gasteiger partial charge is 0.298 e. The third-order valence-corrected chi connectivity index (χ3v) is 5.83. The summed E-state index contributed by atoms with van der Waals surface area (Å²) in [4.78, 5) is 12.2. The lowest BCUT2D eigenvalue weighted by Crippen LogP contribution is -2.21. The number of hydrogen-bond acceptors (Lipinski definition) is 4. The highest BCUT2D eigenvalue weighted by Crippen LogP contribution is 2.34. The Morgan fingerprint density at radius 1 is 0.926 bits per heavy atom. The Morgan fingerprint density at radius 3 is 2.26 bits per heavy atom. The van der Waals surface area contributed by atoms with Crippen LogP contribution in [0.15, 0.2) is 53.7 Å². The second-order valence-corrected chi connectivity index (χ2v) is 7.61. The molecule has 0 amide bonds. The predicted molar refractivity (Wildman–Crippen MR) is 99.8 cm³/mol. The molecule has 1 fully saturated rings. The minimum atomic E-state index is -0.341. The fourth-order valence-corrected chi connectivity index (χ4v) is 4.33. The van der Waals surface area contributed by atoms with E-state index in [4.69, 9.17) is 0 Å². The van der Waals surface area contributed by atoms with E-state index in [-0.39, 0.29) is 22.7 Å². The van der Waals surface area contributed by atoms with Crippen molar-refractivity contribution >= 4 is 17.5 Å². The molecule has 0 aliphatic heterocycles. The normalized spacial score (nSPS) is 17.3. The van der Waals surface area contributed by atoms with Crippen LogP contribution >= 0.6 is 11.8 Å². The first-order valence-electron chi connectivity index (χ1n) is 8.78. The Hall–Kier alpha value is -2.54. The van der Waals surface area contributed by atoms with Crippen molar-refractivity contribution in [2.75, 3.05) is 0 Å². The number of Topliss-reactive ketones (excluding diaryl/α,β-unsaturated/α-hetero) is 1. The van der Waals surface area contributed by atoms with Gasteiger partial charge in [-0.3, -0.25) is 9.36 Å². The van der Waals surface area contributed by atoms with E-state index in [0.717, 1.165) is 19.3 Å². The van der Waals surface area contributed by atoms with Crippen molar-refractivity contribution in [1.82, 2.24) is 14.8 Å². The molecule has 1 unspecified atom stereocenters. The fourth-order valence-electron chi connectivity index (χ4n) is 3.16. The molecular formula is C20H17F2N3OS. The van der Waals surface area contributed by atoms with E-state index in [1.807, 2.05) is 0 Å². The number of aromatic nitrogens is 3. The summed E-state index contributed by atoms with van der Waals surface area (Å²) in [7, 11) is 0. The van der Waals surface area contributed by atoms with E-state index < -0.39 is 0 Å². The number of rotatable bonds is 4. The van der Waals surface area contributed by atoms with Crippen LogP contribution in [-0.4, -0.2) is 25.8 Å². The number of carbonyl (C=O) groups excluding carboxylic acids is 1. The highest BCUT2D eigenvalue weighted by Gasteiger charge is 2.27. The Labute approximate surface area is 159 Å². The molecule has 4 rings (SSSR count). The molecule has 0 spiro atoms. The summed E-state index contributed by atoms with van der Waals surface area (Å²) < 4.78 is 28.5. The average Bonchev–Trinajstić information content (AvgIpc) is 3.08. The minimum absolute atomic E-state index is 0.150. The van der Waals surface area contributed by atoms with Gasteiger partial charge in [-0.15, -0.1) is 10.2 Å². The molecule has 0 N–H and O–H groups in total. The molecule has 1 atom stereocenters. The van der Waals surface area contributed by atoms with Gasteiger partial charge in [-0.1, -0.05) is 18.2 Å². The van der Waals surface area contributed by atoms with Crippen LogP contribution in [0.5, 0.6) is 0 Å². The summed E-state index contributed by atoms with van der Waals surface area (Å²) in [5, 5.41) is 8.97. The predicted octanol–water partition coefficient (Wildman–Crippen LogP) is 4.82. The molecular weight excluding hydrogens is 368 g/mol. The van der Waals surface area contributed by atoms with Gasteiger partial charge in [0.05, 0.1) is 5.25 Å². The first-order chi connectivity index (χ1) is 13.1. The van der Waals surface area contributed by atoms with Gasteiger partial charge in [0, 0.05) is 17.7 Å². The fraction of sp³-hybridized carbons (Fsp3) is 0.250. The molecule has 1 saturated carbocycles. The van der Waals surface area contributed by atoms with Crippen molar-refractivity contribution in [1.29, 1.82) is 0 Å². The molecule has 1 aliphatic rings. The van der Waals surface area contributed by atoms with Crippen molar-refractivity contribution in [2.45, 2.75) is 36.1 Å². The van der Waals surface area contributed by atoms with Gasteiger partial charge >= 0.3 is 0 Å². The average molecular weight is 385 g/mol. The van der Waals surface area contributed by atoms with Crippen molar-refractivity contribution in [2.24, 2.45) is 0 Å². The van der Waals surface area contributed by atoms with Crippen LogP contribution in [0, 0.1) is 11.6 Å². The zero-order chi connectivity index (χ0) is 18.8. The zero-order valence-electron chi connectivity index (χ0n) is 14.4. The van der Waals surface area contributed by atoms with Gasteiger partial charge in [0.2, 0.25) is 0 Å². The molecule has 3 aromatic rings. The summed E-state index contributed by atoms with van der Waals surface area (Å²) >= 11 is 1.39. The number of benzene rings is 2. The van der Waals surface area contributed by atoms with E-state index in [9.17, 15) is 13.6 Å². The van der Waals surface area contributed by atoms with Crippen LogP contribution in [0.25, 0.3) is 17.1 Å². The van der Waals surface area contributed by atoms with Gasteiger partial charge in [0.25, 0.3) is 0 Å². The van der Waals surface area contributed by atoms with Crippen molar-refractivity contribution in [3.05, 3.63) is 60.2 Å². The number of hydrogen-bond donors (Lipinski definition) is 0. The maximum Gasteiger partial charge on any atom is 0.196 e. The van der Waals surface area contributed by atoms with Gasteiger partial charge in [-0.2, -0.15) is 0 Å². The van der Waals surface area contributed by atoms with Crippen molar-refractivity contribution in [3.63, 3.8) is 0 Å². The lowest BCUT2D eigenvalue weighted by molar-refractivity contribution is -0.119. The molecule has 1 aliphatic carbocycles. The number of thioether (sulfide) groups is 1. The van der Waals surface area contributed by atoms with Crippen LogP contribution < -0.4 is 0 Å². The molecule has 7 heteroatoms.